The zero-order valence-electron chi connectivity index (χ0n) is 39.9. The minimum absolute atomic E-state index is 0.134. The molecule has 9 heteroatoms. The lowest BCUT2D eigenvalue weighted by molar-refractivity contribution is -0.302. The fourth-order valence-corrected chi connectivity index (χ4v) is 8.63. The number of unbranched alkanes of at least 4 members (excludes halogenated alkanes) is 33. The highest BCUT2D eigenvalue weighted by molar-refractivity contribution is 5.76. The minimum atomic E-state index is -1.55. The second-order valence-corrected chi connectivity index (χ2v) is 18.7. The third-order valence-electron chi connectivity index (χ3n) is 12.9. The maximum absolute atomic E-state index is 13.0. The molecule has 1 heterocycles. The molecule has 7 unspecified atom stereocenters. The van der Waals surface area contributed by atoms with Crippen molar-refractivity contribution in [1.82, 2.24) is 5.32 Å². The molecule has 7 atom stereocenters. The van der Waals surface area contributed by atoms with Crippen LogP contribution in [-0.4, -0.2) is 87.5 Å². The van der Waals surface area contributed by atoms with E-state index in [4.69, 9.17) is 9.47 Å². The number of aliphatic hydroxyl groups excluding tert-OH is 5. The van der Waals surface area contributed by atoms with E-state index in [0.717, 1.165) is 38.5 Å². The van der Waals surface area contributed by atoms with Gasteiger partial charge in [-0.15, -0.1) is 0 Å². The topological polar surface area (TPSA) is 149 Å². The van der Waals surface area contributed by atoms with E-state index in [1.165, 1.54) is 193 Å². The summed E-state index contributed by atoms with van der Waals surface area (Å²) in [6.07, 6.45) is 43.9. The quantitative estimate of drug-likeness (QED) is 0.0262. The van der Waals surface area contributed by atoms with Crippen molar-refractivity contribution >= 4 is 5.91 Å². The molecule has 1 aliphatic rings. The fraction of sp³-hybridized carbons (Fsp3) is 0.942. The number of hydrogen-bond acceptors (Lipinski definition) is 8. The number of carbonyl (C=O) groups excluding carboxylic acids is 1. The molecule has 0 aromatic rings. The highest BCUT2D eigenvalue weighted by Crippen LogP contribution is 2.23. The first-order chi connectivity index (χ1) is 29.8. The average Bonchev–Trinajstić information content (AvgIpc) is 3.26. The van der Waals surface area contributed by atoms with Crippen LogP contribution in [0.25, 0.3) is 0 Å². The molecule has 1 fully saturated rings. The van der Waals surface area contributed by atoms with Gasteiger partial charge in [0.2, 0.25) is 5.91 Å². The number of carbonyl (C=O) groups is 1. The Hall–Kier alpha value is -1.07. The smallest absolute Gasteiger partial charge is 0.220 e. The Balaban J connectivity index is 2.15. The van der Waals surface area contributed by atoms with Gasteiger partial charge in [-0.3, -0.25) is 4.79 Å². The second-order valence-electron chi connectivity index (χ2n) is 18.7. The van der Waals surface area contributed by atoms with E-state index >= 15 is 0 Å². The van der Waals surface area contributed by atoms with Crippen molar-refractivity contribution in [3.8, 4) is 0 Å². The Morgan fingerprint density at radius 1 is 0.541 bits per heavy atom. The molecule has 0 bridgehead atoms. The minimum Gasteiger partial charge on any atom is -0.394 e. The van der Waals surface area contributed by atoms with Crippen molar-refractivity contribution in [1.29, 1.82) is 0 Å². The van der Waals surface area contributed by atoms with Crippen molar-refractivity contribution in [2.24, 2.45) is 0 Å². The van der Waals surface area contributed by atoms with Gasteiger partial charge in [-0.2, -0.15) is 0 Å². The van der Waals surface area contributed by atoms with Crippen LogP contribution < -0.4 is 5.32 Å². The SMILES string of the molecule is CCCCCCCCCC/C=C\CCCCCCCCCCCCCCCCCC(=O)NC(COC1OC(CO)C(O)C(O)C1O)C(O)CCCCCCCCCCCCC. The molecule has 61 heavy (non-hydrogen) atoms. The van der Waals surface area contributed by atoms with Crippen LogP contribution in [0, 0.1) is 0 Å². The molecule has 0 radical (unpaired) electrons. The number of rotatable bonds is 45. The molecule has 9 nitrogen and oxygen atoms in total. The molecular weight excluding hydrogens is 767 g/mol. The molecule has 0 aromatic carbocycles. The van der Waals surface area contributed by atoms with Crippen LogP contribution in [-0.2, 0) is 14.3 Å². The van der Waals surface area contributed by atoms with Crippen LogP contribution in [0.3, 0.4) is 0 Å². The van der Waals surface area contributed by atoms with Crippen molar-refractivity contribution in [2.75, 3.05) is 13.2 Å². The summed E-state index contributed by atoms with van der Waals surface area (Å²) >= 11 is 0. The van der Waals surface area contributed by atoms with Crippen LogP contribution in [0.1, 0.15) is 258 Å². The predicted octanol–water partition coefficient (Wildman–Crippen LogP) is 12.1. The van der Waals surface area contributed by atoms with Gasteiger partial charge in [-0.25, -0.2) is 0 Å². The number of amides is 1. The van der Waals surface area contributed by atoms with Crippen molar-refractivity contribution in [3.05, 3.63) is 12.2 Å². The van der Waals surface area contributed by atoms with Crippen LogP contribution in [0.4, 0.5) is 0 Å². The van der Waals surface area contributed by atoms with Gasteiger partial charge in [0.1, 0.15) is 24.4 Å². The Bertz CT molecular complexity index is 966. The summed E-state index contributed by atoms with van der Waals surface area (Å²) in [5.74, 6) is -0.142. The lowest BCUT2D eigenvalue weighted by Crippen LogP contribution is -2.60. The molecular formula is C52H101NO8. The van der Waals surface area contributed by atoms with Crippen LogP contribution in [0.5, 0.6) is 0 Å². The molecule has 1 rings (SSSR count). The van der Waals surface area contributed by atoms with Crippen LogP contribution in [0.15, 0.2) is 12.2 Å². The number of ether oxygens (including phenoxy) is 2. The van der Waals surface area contributed by atoms with E-state index in [9.17, 15) is 30.3 Å². The molecule has 0 saturated carbocycles. The van der Waals surface area contributed by atoms with Gasteiger partial charge in [0, 0.05) is 6.42 Å². The molecule has 1 aliphatic heterocycles. The maximum atomic E-state index is 13.0. The maximum Gasteiger partial charge on any atom is 0.220 e. The normalized spacial score (nSPS) is 20.4. The Morgan fingerprint density at radius 3 is 1.33 bits per heavy atom. The molecule has 0 aromatic heterocycles. The van der Waals surface area contributed by atoms with E-state index in [1.807, 2.05) is 0 Å². The first-order valence-corrected chi connectivity index (χ1v) is 26.4. The lowest BCUT2D eigenvalue weighted by Gasteiger charge is -2.40. The summed E-state index contributed by atoms with van der Waals surface area (Å²) in [4.78, 5) is 13.0. The van der Waals surface area contributed by atoms with Gasteiger partial charge in [0.05, 0.1) is 25.4 Å². The van der Waals surface area contributed by atoms with Gasteiger partial charge in [0.15, 0.2) is 6.29 Å². The molecule has 362 valence electrons. The third-order valence-corrected chi connectivity index (χ3v) is 12.9. The zero-order valence-corrected chi connectivity index (χ0v) is 39.9. The predicted molar refractivity (Wildman–Crippen MR) is 254 cm³/mol. The number of nitrogens with one attached hydrogen (secondary N) is 1. The Kier molecular flexibility index (Phi) is 40.7. The van der Waals surface area contributed by atoms with Gasteiger partial charge in [-0.1, -0.05) is 225 Å². The van der Waals surface area contributed by atoms with Crippen molar-refractivity contribution in [2.45, 2.75) is 301 Å². The zero-order chi connectivity index (χ0) is 44.4. The first-order valence-electron chi connectivity index (χ1n) is 26.4. The van der Waals surface area contributed by atoms with Gasteiger partial charge >= 0.3 is 0 Å². The monoisotopic (exact) mass is 868 g/mol. The van der Waals surface area contributed by atoms with Crippen molar-refractivity contribution < 1.29 is 39.8 Å². The molecule has 0 aliphatic carbocycles. The largest absolute Gasteiger partial charge is 0.394 e. The summed E-state index contributed by atoms with van der Waals surface area (Å²) in [6.45, 7) is 3.84. The summed E-state index contributed by atoms with van der Waals surface area (Å²) in [5.41, 5.74) is 0. The second kappa shape index (κ2) is 42.9. The summed E-state index contributed by atoms with van der Waals surface area (Å²) < 4.78 is 11.3. The van der Waals surface area contributed by atoms with Gasteiger partial charge < -0.3 is 40.3 Å². The standard InChI is InChI=1S/C52H101NO8/c1-3-5-7-9-11-13-15-16-17-18-19-20-21-22-23-24-25-26-27-28-29-30-32-34-36-38-40-42-48(56)53-45(44-60-52-51(59)50(58)49(57)47(43-54)61-52)46(55)41-39-37-35-33-31-14-12-10-8-6-4-2/h18-19,45-47,49-52,54-55,57-59H,3-17,20-44H2,1-2H3,(H,53,56)/b19-18-. The fourth-order valence-electron chi connectivity index (χ4n) is 8.63. The van der Waals surface area contributed by atoms with Crippen LogP contribution >= 0.6 is 0 Å². The summed E-state index contributed by atoms with van der Waals surface area (Å²) in [6, 6.07) is -0.713. The lowest BCUT2D eigenvalue weighted by atomic mass is 9.99. The molecule has 6 N–H and O–H groups in total. The highest BCUT2D eigenvalue weighted by Gasteiger charge is 2.44. The number of aliphatic hydroxyl groups is 5. The van der Waals surface area contributed by atoms with Gasteiger partial charge in [-0.05, 0) is 38.5 Å². The summed E-state index contributed by atoms with van der Waals surface area (Å²) in [7, 11) is 0. The number of allylic oxidation sites excluding steroid dienone is 2. The van der Waals surface area contributed by atoms with Crippen molar-refractivity contribution in [3.63, 3.8) is 0 Å². The molecule has 0 spiro atoms. The van der Waals surface area contributed by atoms with E-state index in [-0.39, 0.29) is 12.5 Å². The Morgan fingerprint density at radius 2 is 0.918 bits per heavy atom. The average molecular weight is 868 g/mol. The highest BCUT2D eigenvalue weighted by atomic mass is 16.7. The van der Waals surface area contributed by atoms with Crippen LogP contribution in [0.2, 0.25) is 0 Å². The molecule has 1 saturated heterocycles. The third kappa shape index (κ3) is 33.1. The van der Waals surface area contributed by atoms with Gasteiger partial charge in [0.25, 0.3) is 0 Å². The van der Waals surface area contributed by atoms with E-state index in [2.05, 4.69) is 31.3 Å². The Labute approximate surface area is 376 Å². The summed E-state index contributed by atoms with van der Waals surface area (Å²) in [5, 5.41) is 54.4. The van der Waals surface area contributed by atoms with E-state index < -0.39 is 49.5 Å². The first kappa shape index (κ1) is 57.9. The van der Waals surface area contributed by atoms with E-state index in [0.29, 0.717) is 12.8 Å². The van der Waals surface area contributed by atoms with E-state index in [1.54, 1.807) is 0 Å². The molecule has 1 amide bonds. The number of hydrogen-bond donors (Lipinski definition) is 6.